The Morgan fingerprint density at radius 1 is 1.29 bits per heavy atom. The summed E-state index contributed by atoms with van der Waals surface area (Å²) in [5.74, 6) is -1.28. The molecule has 1 aliphatic heterocycles. The van der Waals surface area contributed by atoms with E-state index in [-0.39, 0.29) is 23.9 Å². The number of carboxylic acids is 1. The van der Waals surface area contributed by atoms with Crippen molar-refractivity contribution in [2.45, 2.75) is 65.6 Å². The van der Waals surface area contributed by atoms with Crippen molar-refractivity contribution in [2.24, 2.45) is 5.92 Å². The Labute approximate surface area is 206 Å². The monoisotopic (exact) mass is 484 g/mol. The summed E-state index contributed by atoms with van der Waals surface area (Å²) in [4.78, 5) is 44.6. The van der Waals surface area contributed by atoms with Gasteiger partial charge >= 0.3 is 5.97 Å². The molecule has 2 aromatic heterocycles. The van der Waals surface area contributed by atoms with Gasteiger partial charge in [-0.3, -0.25) is 19.4 Å². The van der Waals surface area contributed by atoms with Crippen molar-refractivity contribution < 1.29 is 19.4 Å². The highest BCUT2D eigenvalue weighted by molar-refractivity contribution is 5.81. The first-order valence-electron chi connectivity index (χ1n) is 12.1. The van der Waals surface area contributed by atoms with Crippen molar-refractivity contribution in [2.75, 3.05) is 24.7 Å². The fourth-order valence-corrected chi connectivity index (χ4v) is 4.44. The molecule has 0 aromatic carbocycles. The van der Waals surface area contributed by atoms with Crippen LogP contribution in [0.3, 0.4) is 0 Å². The van der Waals surface area contributed by atoms with Crippen molar-refractivity contribution in [3.05, 3.63) is 57.8 Å². The maximum atomic E-state index is 13.5. The number of hydrogen-bond donors (Lipinski definition) is 2. The third-order valence-electron chi connectivity index (χ3n) is 6.29. The van der Waals surface area contributed by atoms with E-state index in [0.717, 1.165) is 16.9 Å². The molecule has 0 saturated carbocycles. The zero-order valence-corrected chi connectivity index (χ0v) is 21.2. The van der Waals surface area contributed by atoms with Crippen LogP contribution in [0.2, 0.25) is 0 Å². The zero-order valence-electron chi connectivity index (χ0n) is 21.2. The molecule has 3 heterocycles. The van der Waals surface area contributed by atoms with Crippen LogP contribution in [0.15, 0.2) is 35.4 Å². The lowest BCUT2D eigenvalue weighted by Crippen LogP contribution is -2.44. The standard InChI is InChI=1S/C26H36N4O5/c1-16(2)10-23(30-7-6-17(3)11-24(30)31)26(34)28-21(13-25(32)33)20-12-22(19(5)27-14-20)29-8-9-35-15-18(29)4/h6-7,11-12,14,16,18,21,23H,8-10,13,15H2,1-5H3,(H,28,34)(H,32,33)/t18-,21-,23-/m0/s1. The molecule has 0 unspecified atom stereocenters. The van der Waals surface area contributed by atoms with Gasteiger partial charge in [0.15, 0.2) is 0 Å². The van der Waals surface area contributed by atoms with E-state index in [1.165, 1.54) is 10.6 Å². The number of rotatable bonds is 9. The third-order valence-corrected chi connectivity index (χ3v) is 6.29. The Bertz CT molecular complexity index is 1110. The van der Waals surface area contributed by atoms with Gasteiger partial charge in [-0.25, -0.2) is 0 Å². The predicted octanol–water partition coefficient (Wildman–Crippen LogP) is 3.00. The van der Waals surface area contributed by atoms with Crippen LogP contribution in [0.4, 0.5) is 5.69 Å². The van der Waals surface area contributed by atoms with Crippen LogP contribution in [0.1, 0.15) is 62.5 Å². The number of carbonyl (C=O) groups is 2. The number of ether oxygens (including phenoxy) is 1. The highest BCUT2D eigenvalue weighted by atomic mass is 16.5. The van der Waals surface area contributed by atoms with Gasteiger partial charge in [0.25, 0.3) is 5.56 Å². The van der Waals surface area contributed by atoms with Crippen LogP contribution < -0.4 is 15.8 Å². The second-order valence-electron chi connectivity index (χ2n) is 9.74. The molecule has 1 saturated heterocycles. The largest absolute Gasteiger partial charge is 0.481 e. The van der Waals surface area contributed by atoms with E-state index in [1.807, 2.05) is 33.8 Å². The molecule has 1 amide bonds. The van der Waals surface area contributed by atoms with Crippen LogP contribution in [0.25, 0.3) is 0 Å². The summed E-state index contributed by atoms with van der Waals surface area (Å²) in [6, 6.07) is 3.80. The van der Waals surface area contributed by atoms with E-state index < -0.39 is 24.0 Å². The van der Waals surface area contributed by atoms with Crippen molar-refractivity contribution in [1.82, 2.24) is 14.9 Å². The molecule has 9 heteroatoms. The van der Waals surface area contributed by atoms with Crippen LogP contribution in [0, 0.1) is 19.8 Å². The number of morpholine rings is 1. The number of amides is 1. The molecule has 0 aliphatic carbocycles. The molecule has 1 fully saturated rings. The lowest BCUT2D eigenvalue weighted by atomic mass is 10.00. The van der Waals surface area contributed by atoms with Crippen LogP contribution >= 0.6 is 0 Å². The molecular formula is C26H36N4O5. The summed E-state index contributed by atoms with van der Waals surface area (Å²) in [7, 11) is 0. The van der Waals surface area contributed by atoms with Crippen molar-refractivity contribution in [1.29, 1.82) is 0 Å². The van der Waals surface area contributed by atoms with E-state index in [0.29, 0.717) is 31.7 Å². The van der Waals surface area contributed by atoms with E-state index in [9.17, 15) is 19.5 Å². The van der Waals surface area contributed by atoms with Gasteiger partial charge in [-0.15, -0.1) is 0 Å². The van der Waals surface area contributed by atoms with Crippen LogP contribution in [-0.4, -0.2) is 52.3 Å². The maximum Gasteiger partial charge on any atom is 0.305 e. The molecule has 3 atom stereocenters. The number of carbonyl (C=O) groups excluding carboxylic acids is 1. The SMILES string of the molecule is Cc1ccn([C@@H](CC(C)C)C(=O)N[C@@H](CC(=O)O)c2cnc(C)c(N3CCOC[C@@H]3C)c2)c(=O)c1. The highest BCUT2D eigenvalue weighted by Gasteiger charge is 2.28. The Hall–Kier alpha value is -3.20. The predicted molar refractivity (Wildman–Crippen MR) is 134 cm³/mol. The Kier molecular flexibility index (Phi) is 8.67. The number of carboxylic acid groups (broad SMARTS) is 1. The number of aliphatic carboxylic acids is 1. The minimum Gasteiger partial charge on any atom is -0.481 e. The maximum absolute atomic E-state index is 13.5. The van der Waals surface area contributed by atoms with E-state index in [1.54, 1.807) is 18.5 Å². The van der Waals surface area contributed by atoms with Crippen LogP contribution in [0.5, 0.6) is 0 Å². The number of nitrogens with zero attached hydrogens (tertiary/aromatic N) is 3. The lowest BCUT2D eigenvalue weighted by Gasteiger charge is -2.36. The third kappa shape index (κ3) is 6.69. The van der Waals surface area contributed by atoms with Gasteiger partial charge < -0.3 is 24.6 Å². The highest BCUT2D eigenvalue weighted by Crippen LogP contribution is 2.28. The molecule has 1 aliphatic rings. The van der Waals surface area contributed by atoms with Gasteiger partial charge in [0.2, 0.25) is 5.91 Å². The smallest absolute Gasteiger partial charge is 0.305 e. The minimum absolute atomic E-state index is 0.146. The number of anilines is 1. The molecule has 3 rings (SSSR count). The molecule has 0 radical (unpaired) electrons. The number of aryl methyl sites for hydroxylation is 2. The lowest BCUT2D eigenvalue weighted by molar-refractivity contribution is -0.138. The quantitative estimate of drug-likeness (QED) is 0.562. The normalized spacial score (nSPS) is 17.8. The molecule has 190 valence electrons. The van der Waals surface area contributed by atoms with Gasteiger partial charge in [-0.1, -0.05) is 13.8 Å². The summed E-state index contributed by atoms with van der Waals surface area (Å²) in [5, 5.41) is 12.5. The van der Waals surface area contributed by atoms with E-state index in [4.69, 9.17) is 4.74 Å². The number of aromatic nitrogens is 2. The van der Waals surface area contributed by atoms with E-state index >= 15 is 0 Å². The van der Waals surface area contributed by atoms with E-state index in [2.05, 4.69) is 22.1 Å². The molecule has 2 N–H and O–H groups in total. The van der Waals surface area contributed by atoms with Crippen molar-refractivity contribution >= 4 is 17.6 Å². The number of hydrogen-bond acceptors (Lipinski definition) is 6. The Morgan fingerprint density at radius 3 is 2.66 bits per heavy atom. The molecule has 9 nitrogen and oxygen atoms in total. The molecule has 35 heavy (non-hydrogen) atoms. The van der Waals surface area contributed by atoms with Crippen molar-refractivity contribution in [3.63, 3.8) is 0 Å². The first-order chi connectivity index (χ1) is 16.6. The second kappa shape index (κ2) is 11.5. The summed E-state index contributed by atoms with van der Waals surface area (Å²) >= 11 is 0. The summed E-state index contributed by atoms with van der Waals surface area (Å²) in [5.41, 5.74) is 2.89. The number of pyridine rings is 2. The summed E-state index contributed by atoms with van der Waals surface area (Å²) < 4.78 is 6.97. The topological polar surface area (TPSA) is 114 Å². The summed E-state index contributed by atoms with van der Waals surface area (Å²) in [6.45, 7) is 11.7. The second-order valence-corrected chi connectivity index (χ2v) is 9.74. The van der Waals surface area contributed by atoms with Gasteiger partial charge in [0, 0.05) is 31.0 Å². The minimum atomic E-state index is -1.04. The zero-order chi connectivity index (χ0) is 25.7. The average Bonchev–Trinajstić information content (AvgIpc) is 2.78. The first-order valence-corrected chi connectivity index (χ1v) is 12.1. The van der Waals surface area contributed by atoms with Crippen LogP contribution in [-0.2, 0) is 14.3 Å². The average molecular weight is 485 g/mol. The molecule has 0 spiro atoms. The Balaban J connectivity index is 1.94. The first kappa shape index (κ1) is 26.4. The number of nitrogens with one attached hydrogen (secondary N) is 1. The summed E-state index contributed by atoms with van der Waals surface area (Å²) in [6.07, 6.45) is 3.39. The molecular weight excluding hydrogens is 448 g/mol. The van der Waals surface area contributed by atoms with Gasteiger partial charge in [0.05, 0.1) is 37.1 Å². The van der Waals surface area contributed by atoms with Crippen molar-refractivity contribution in [3.8, 4) is 0 Å². The molecule has 2 aromatic rings. The fourth-order valence-electron chi connectivity index (χ4n) is 4.44. The molecule has 0 bridgehead atoms. The van der Waals surface area contributed by atoms with Gasteiger partial charge in [-0.2, -0.15) is 0 Å². The Morgan fingerprint density at radius 2 is 2.03 bits per heavy atom. The van der Waals surface area contributed by atoms with Gasteiger partial charge in [0.1, 0.15) is 6.04 Å². The fraction of sp³-hybridized carbons (Fsp3) is 0.538. The van der Waals surface area contributed by atoms with Gasteiger partial charge in [-0.05, 0) is 56.4 Å².